The van der Waals surface area contributed by atoms with E-state index in [1.165, 1.54) is 0 Å². The molecule has 0 atom stereocenters. The molecule has 0 fully saturated rings. The van der Waals surface area contributed by atoms with Crippen molar-refractivity contribution in [3.63, 3.8) is 0 Å². The van der Waals surface area contributed by atoms with Gasteiger partial charge in [-0.25, -0.2) is 13.4 Å². The summed E-state index contributed by atoms with van der Waals surface area (Å²) in [5.41, 5.74) is 2.09. The summed E-state index contributed by atoms with van der Waals surface area (Å²) in [5.74, 6) is 0.642. The molecule has 0 bridgehead atoms. The van der Waals surface area contributed by atoms with E-state index < -0.39 is 10.0 Å². The van der Waals surface area contributed by atoms with Crippen molar-refractivity contribution in [3.05, 3.63) is 72.6 Å². The molecular weight excluding hydrogens is 298 g/mol. The lowest BCUT2D eigenvalue weighted by atomic mass is 10.2. The lowest BCUT2D eigenvalue weighted by molar-refractivity contribution is 0.600. The monoisotopic (exact) mass is 313 g/mol. The maximum atomic E-state index is 12.2. The number of anilines is 1. The molecule has 2 aromatic carbocycles. The van der Waals surface area contributed by atoms with Gasteiger partial charge in [0.15, 0.2) is 0 Å². The molecule has 0 unspecified atom stereocenters. The third-order valence-electron chi connectivity index (χ3n) is 3.11. The molecule has 1 heterocycles. The van der Waals surface area contributed by atoms with E-state index >= 15 is 0 Å². The molecule has 0 aliphatic heterocycles. The van der Waals surface area contributed by atoms with Gasteiger partial charge in [0.25, 0.3) is 0 Å². The third kappa shape index (κ3) is 3.53. The summed E-state index contributed by atoms with van der Waals surface area (Å²) in [6.45, 7) is 0. The number of rotatable bonds is 5. The molecule has 0 saturated carbocycles. The van der Waals surface area contributed by atoms with Gasteiger partial charge in [0, 0.05) is 23.6 Å². The second-order valence-corrected chi connectivity index (χ2v) is 6.59. The number of aromatic nitrogens is 2. The number of hydrogen-bond donors (Lipinski definition) is 2. The molecule has 0 aliphatic carbocycles. The van der Waals surface area contributed by atoms with E-state index in [9.17, 15) is 8.42 Å². The van der Waals surface area contributed by atoms with E-state index in [1.54, 1.807) is 42.7 Å². The van der Waals surface area contributed by atoms with Gasteiger partial charge in [-0.3, -0.25) is 4.72 Å². The van der Waals surface area contributed by atoms with Gasteiger partial charge in [0.05, 0.1) is 5.75 Å². The molecular formula is C16H15N3O2S. The van der Waals surface area contributed by atoms with E-state index in [0.29, 0.717) is 11.5 Å². The maximum Gasteiger partial charge on any atom is 0.236 e. The Bertz CT molecular complexity index is 844. The number of benzene rings is 2. The predicted molar refractivity (Wildman–Crippen MR) is 86.7 cm³/mol. The molecule has 5 nitrogen and oxygen atoms in total. The molecule has 0 aliphatic rings. The second-order valence-electron chi connectivity index (χ2n) is 4.87. The molecule has 3 aromatic rings. The van der Waals surface area contributed by atoms with Crippen molar-refractivity contribution in [1.82, 2.24) is 9.97 Å². The number of hydrogen-bond acceptors (Lipinski definition) is 3. The van der Waals surface area contributed by atoms with E-state index in [0.717, 1.165) is 11.1 Å². The summed E-state index contributed by atoms with van der Waals surface area (Å²) in [4.78, 5) is 7.15. The zero-order chi connectivity index (χ0) is 15.4. The first kappa shape index (κ1) is 14.3. The maximum absolute atomic E-state index is 12.2. The molecule has 6 heteroatoms. The van der Waals surface area contributed by atoms with Crippen molar-refractivity contribution in [3.8, 4) is 11.4 Å². The van der Waals surface area contributed by atoms with Crippen LogP contribution in [0.15, 0.2) is 67.0 Å². The van der Waals surface area contributed by atoms with Crippen LogP contribution in [0.4, 0.5) is 5.69 Å². The molecule has 0 radical (unpaired) electrons. The van der Waals surface area contributed by atoms with Gasteiger partial charge in [0.2, 0.25) is 10.0 Å². The van der Waals surface area contributed by atoms with Gasteiger partial charge in [-0.1, -0.05) is 42.5 Å². The van der Waals surface area contributed by atoms with Crippen molar-refractivity contribution in [2.45, 2.75) is 5.75 Å². The number of nitrogens with zero attached hydrogens (tertiary/aromatic N) is 1. The standard InChI is InChI=1S/C16H15N3O2S/c20-22(21,12-13-5-2-1-3-6-13)19-15-8-4-7-14(11-15)16-17-9-10-18-16/h1-11,19H,12H2,(H,17,18). The SMILES string of the molecule is O=S(=O)(Cc1ccccc1)Nc1cccc(-c2ncc[nH]2)c1. The number of H-pyrrole nitrogens is 1. The number of aromatic amines is 1. The summed E-state index contributed by atoms with van der Waals surface area (Å²) in [7, 11) is -3.45. The molecule has 0 amide bonds. The molecule has 2 N–H and O–H groups in total. The topological polar surface area (TPSA) is 74.8 Å². The van der Waals surface area contributed by atoms with Crippen LogP contribution in [0.5, 0.6) is 0 Å². The Kier molecular flexibility index (Phi) is 3.93. The Balaban J connectivity index is 1.79. The Labute approximate surface area is 129 Å². The van der Waals surface area contributed by atoms with E-state index in [1.807, 2.05) is 24.3 Å². The molecule has 112 valence electrons. The number of sulfonamides is 1. The summed E-state index contributed by atoms with van der Waals surface area (Å²) in [6, 6.07) is 16.2. The van der Waals surface area contributed by atoms with E-state index in [2.05, 4.69) is 14.7 Å². The van der Waals surface area contributed by atoms with Crippen LogP contribution in [-0.4, -0.2) is 18.4 Å². The predicted octanol–water partition coefficient (Wildman–Crippen LogP) is 3.02. The first-order valence-electron chi connectivity index (χ1n) is 6.77. The molecule has 3 rings (SSSR count). The minimum Gasteiger partial charge on any atom is -0.345 e. The van der Waals surface area contributed by atoms with Crippen LogP contribution in [-0.2, 0) is 15.8 Å². The molecule has 0 saturated heterocycles. The van der Waals surface area contributed by atoms with Crippen LogP contribution in [0, 0.1) is 0 Å². The Morgan fingerprint density at radius 2 is 1.86 bits per heavy atom. The van der Waals surface area contributed by atoms with E-state index in [4.69, 9.17) is 0 Å². The Hall–Kier alpha value is -2.60. The van der Waals surface area contributed by atoms with Gasteiger partial charge >= 0.3 is 0 Å². The fourth-order valence-corrected chi connectivity index (χ4v) is 3.35. The molecule has 0 spiro atoms. The van der Waals surface area contributed by atoms with Gasteiger partial charge in [-0.2, -0.15) is 0 Å². The minimum atomic E-state index is -3.45. The molecule has 1 aromatic heterocycles. The minimum absolute atomic E-state index is 0.0567. The van der Waals surface area contributed by atoms with Crippen LogP contribution < -0.4 is 4.72 Å². The lowest BCUT2D eigenvalue weighted by Crippen LogP contribution is -2.15. The molecule has 22 heavy (non-hydrogen) atoms. The lowest BCUT2D eigenvalue weighted by Gasteiger charge is -2.09. The zero-order valence-electron chi connectivity index (χ0n) is 11.7. The summed E-state index contributed by atoms with van der Waals surface area (Å²) < 4.78 is 27.1. The quantitative estimate of drug-likeness (QED) is 0.760. The summed E-state index contributed by atoms with van der Waals surface area (Å²) in [6.07, 6.45) is 3.38. The van der Waals surface area contributed by atoms with Crippen molar-refractivity contribution >= 4 is 15.7 Å². The number of nitrogens with one attached hydrogen (secondary N) is 2. The smallest absolute Gasteiger partial charge is 0.236 e. The van der Waals surface area contributed by atoms with Crippen molar-refractivity contribution in [1.29, 1.82) is 0 Å². The average Bonchev–Trinajstić information content (AvgIpc) is 3.02. The fourth-order valence-electron chi connectivity index (χ4n) is 2.16. The van der Waals surface area contributed by atoms with E-state index in [-0.39, 0.29) is 5.75 Å². The van der Waals surface area contributed by atoms with Crippen LogP contribution in [0.1, 0.15) is 5.56 Å². The number of imidazole rings is 1. The van der Waals surface area contributed by atoms with Crippen LogP contribution in [0.3, 0.4) is 0 Å². The van der Waals surface area contributed by atoms with Gasteiger partial charge in [0.1, 0.15) is 5.82 Å². The zero-order valence-corrected chi connectivity index (χ0v) is 12.5. The Morgan fingerprint density at radius 3 is 2.59 bits per heavy atom. The first-order valence-corrected chi connectivity index (χ1v) is 8.42. The largest absolute Gasteiger partial charge is 0.345 e. The van der Waals surface area contributed by atoms with Gasteiger partial charge in [-0.05, 0) is 17.7 Å². The highest BCUT2D eigenvalue weighted by atomic mass is 32.2. The van der Waals surface area contributed by atoms with Crippen molar-refractivity contribution in [2.24, 2.45) is 0 Å². The van der Waals surface area contributed by atoms with Crippen molar-refractivity contribution < 1.29 is 8.42 Å². The highest BCUT2D eigenvalue weighted by Crippen LogP contribution is 2.20. The van der Waals surface area contributed by atoms with Crippen LogP contribution in [0.2, 0.25) is 0 Å². The highest BCUT2D eigenvalue weighted by molar-refractivity contribution is 7.91. The van der Waals surface area contributed by atoms with Gasteiger partial charge in [-0.15, -0.1) is 0 Å². The summed E-state index contributed by atoms with van der Waals surface area (Å²) in [5, 5.41) is 0. The second kappa shape index (κ2) is 6.03. The summed E-state index contributed by atoms with van der Waals surface area (Å²) >= 11 is 0. The van der Waals surface area contributed by atoms with Crippen LogP contribution >= 0.6 is 0 Å². The highest BCUT2D eigenvalue weighted by Gasteiger charge is 2.12. The fraction of sp³-hybridized carbons (Fsp3) is 0.0625. The third-order valence-corrected chi connectivity index (χ3v) is 4.37. The first-order chi connectivity index (χ1) is 10.6. The van der Waals surface area contributed by atoms with Crippen molar-refractivity contribution in [2.75, 3.05) is 4.72 Å². The Morgan fingerprint density at radius 1 is 1.05 bits per heavy atom. The normalized spacial score (nSPS) is 11.3. The van der Waals surface area contributed by atoms with Gasteiger partial charge < -0.3 is 4.98 Å². The van der Waals surface area contributed by atoms with Crippen LogP contribution in [0.25, 0.3) is 11.4 Å². The average molecular weight is 313 g/mol.